The van der Waals surface area contributed by atoms with Gasteiger partial charge in [0.25, 0.3) is 0 Å². The van der Waals surface area contributed by atoms with Crippen LogP contribution in [0, 0.1) is 16.7 Å². The first-order valence-corrected chi connectivity index (χ1v) is 9.77. The Hall–Kier alpha value is -0.990. The predicted octanol–water partition coefficient (Wildman–Crippen LogP) is 0.551. The normalized spacial score (nSPS) is 50.5. The first-order valence-electron chi connectivity index (χ1n) is 9.77. The molecule has 0 aromatic carbocycles. The van der Waals surface area contributed by atoms with Crippen LogP contribution >= 0.6 is 0 Å². The van der Waals surface area contributed by atoms with Crippen molar-refractivity contribution in [3.05, 3.63) is 11.6 Å². The Kier molecular flexibility index (Phi) is 4.30. The van der Waals surface area contributed by atoms with Crippen molar-refractivity contribution in [2.24, 2.45) is 16.7 Å². The highest BCUT2D eigenvalue weighted by Gasteiger charge is 2.84. The number of aliphatic hydroxyl groups is 3. The fourth-order valence-corrected chi connectivity index (χ4v) is 5.72. The maximum absolute atomic E-state index is 12.3. The second kappa shape index (κ2) is 6.00. The molecule has 27 heavy (non-hydrogen) atoms. The molecule has 2 saturated heterocycles. The number of carbonyl (C=O) groups excluding carboxylic acids is 1. The molecule has 7 nitrogen and oxygen atoms in total. The van der Waals surface area contributed by atoms with Crippen molar-refractivity contribution < 1.29 is 34.3 Å². The van der Waals surface area contributed by atoms with E-state index < -0.39 is 47.0 Å². The van der Waals surface area contributed by atoms with Crippen molar-refractivity contribution in [3.8, 4) is 0 Å². The van der Waals surface area contributed by atoms with Crippen LogP contribution in [0.1, 0.15) is 40.5 Å². The molecule has 1 spiro atoms. The van der Waals surface area contributed by atoms with Gasteiger partial charge in [-0.3, -0.25) is 4.79 Å². The van der Waals surface area contributed by atoms with Gasteiger partial charge in [0.1, 0.15) is 23.9 Å². The van der Waals surface area contributed by atoms with E-state index in [9.17, 15) is 20.1 Å². The van der Waals surface area contributed by atoms with E-state index in [1.54, 1.807) is 0 Å². The molecule has 0 aromatic rings. The number of esters is 1. The minimum atomic E-state index is -1.10. The summed E-state index contributed by atoms with van der Waals surface area (Å²) < 4.78 is 17.7. The van der Waals surface area contributed by atoms with E-state index >= 15 is 0 Å². The van der Waals surface area contributed by atoms with Crippen molar-refractivity contribution in [3.63, 3.8) is 0 Å². The molecule has 2 aliphatic carbocycles. The SMILES string of the molecule is CC1=CC2OC3C(O)C(O)[C@](C)([C@@]2(CO)CC1OC(=O)CC(C)C)[C@]31CO1. The molecule has 2 aliphatic heterocycles. The van der Waals surface area contributed by atoms with Gasteiger partial charge in [-0.25, -0.2) is 0 Å². The largest absolute Gasteiger partial charge is 0.458 e. The lowest BCUT2D eigenvalue weighted by molar-refractivity contribution is -0.235. The number of aliphatic hydroxyl groups excluding tert-OH is 3. The van der Waals surface area contributed by atoms with Crippen LogP contribution in [-0.2, 0) is 19.0 Å². The van der Waals surface area contributed by atoms with Gasteiger partial charge in [0.05, 0.1) is 25.4 Å². The second-order valence-electron chi connectivity index (χ2n) is 9.30. The van der Waals surface area contributed by atoms with Crippen LogP contribution in [0.2, 0.25) is 0 Å². The van der Waals surface area contributed by atoms with Crippen LogP contribution in [0.3, 0.4) is 0 Å². The van der Waals surface area contributed by atoms with Gasteiger partial charge in [0.15, 0.2) is 0 Å². The average Bonchev–Trinajstić information content (AvgIpc) is 3.38. The summed E-state index contributed by atoms with van der Waals surface area (Å²) in [5.41, 5.74) is -1.78. The minimum Gasteiger partial charge on any atom is -0.458 e. The Bertz CT molecular complexity index is 669. The van der Waals surface area contributed by atoms with Gasteiger partial charge in [0.2, 0.25) is 0 Å². The smallest absolute Gasteiger partial charge is 0.306 e. The monoisotopic (exact) mass is 382 g/mol. The highest BCUT2D eigenvalue weighted by molar-refractivity contribution is 5.70. The van der Waals surface area contributed by atoms with Crippen LogP contribution in [0.5, 0.6) is 0 Å². The maximum atomic E-state index is 12.3. The molecular weight excluding hydrogens is 352 g/mol. The molecular formula is C20H30O7. The van der Waals surface area contributed by atoms with Crippen LogP contribution in [0.4, 0.5) is 0 Å². The van der Waals surface area contributed by atoms with E-state index in [0.29, 0.717) is 19.4 Å². The van der Waals surface area contributed by atoms with Crippen molar-refractivity contribution in [2.75, 3.05) is 13.2 Å². The molecule has 3 N–H and O–H groups in total. The Morgan fingerprint density at radius 1 is 1.41 bits per heavy atom. The highest BCUT2D eigenvalue weighted by Crippen LogP contribution is 2.71. The summed E-state index contributed by atoms with van der Waals surface area (Å²) in [6.07, 6.45) is -1.29. The van der Waals surface area contributed by atoms with Crippen LogP contribution in [0.25, 0.3) is 0 Å². The number of epoxide rings is 1. The van der Waals surface area contributed by atoms with E-state index in [4.69, 9.17) is 14.2 Å². The van der Waals surface area contributed by atoms with Crippen molar-refractivity contribution in [2.45, 2.75) is 76.7 Å². The van der Waals surface area contributed by atoms with Crippen molar-refractivity contribution in [1.82, 2.24) is 0 Å². The molecule has 4 aliphatic rings. The third-order valence-electron chi connectivity index (χ3n) is 7.49. The minimum absolute atomic E-state index is 0.191. The number of carbonyl (C=O) groups is 1. The van der Waals surface area contributed by atoms with E-state index in [2.05, 4.69) is 0 Å². The number of hydrogen-bond acceptors (Lipinski definition) is 7. The number of fused-ring (bicyclic) bond motifs is 2. The zero-order valence-electron chi connectivity index (χ0n) is 16.3. The third-order valence-corrected chi connectivity index (χ3v) is 7.49. The molecule has 0 amide bonds. The highest BCUT2D eigenvalue weighted by atomic mass is 16.6. The number of hydrogen-bond donors (Lipinski definition) is 3. The fourth-order valence-electron chi connectivity index (χ4n) is 5.72. The second-order valence-corrected chi connectivity index (χ2v) is 9.30. The molecule has 5 unspecified atom stereocenters. The fraction of sp³-hybridized carbons (Fsp3) is 0.850. The van der Waals surface area contributed by atoms with Crippen LogP contribution < -0.4 is 0 Å². The van der Waals surface area contributed by atoms with Gasteiger partial charge in [-0.2, -0.15) is 0 Å². The molecule has 2 heterocycles. The molecule has 7 heteroatoms. The summed E-state index contributed by atoms with van der Waals surface area (Å²) in [6, 6.07) is 0. The predicted molar refractivity (Wildman–Crippen MR) is 94.7 cm³/mol. The summed E-state index contributed by atoms with van der Waals surface area (Å²) in [5, 5.41) is 32.1. The molecule has 8 atom stereocenters. The molecule has 3 fully saturated rings. The molecule has 152 valence electrons. The molecule has 0 radical (unpaired) electrons. The summed E-state index contributed by atoms with van der Waals surface area (Å²) >= 11 is 0. The maximum Gasteiger partial charge on any atom is 0.306 e. The topological polar surface area (TPSA) is 109 Å². The Morgan fingerprint density at radius 2 is 2.07 bits per heavy atom. The lowest BCUT2D eigenvalue weighted by atomic mass is 9.51. The van der Waals surface area contributed by atoms with E-state index in [0.717, 1.165) is 5.57 Å². The first-order chi connectivity index (χ1) is 12.6. The number of rotatable bonds is 4. The first kappa shape index (κ1) is 19.3. The van der Waals surface area contributed by atoms with Gasteiger partial charge >= 0.3 is 5.97 Å². The lowest BCUT2D eigenvalue weighted by Crippen LogP contribution is -2.67. The lowest BCUT2D eigenvalue weighted by Gasteiger charge is -2.58. The Balaban J connectivity index is 1.71. The van der Waals surface area contributed by atoms with Crippen LogP contribution in [-0.4, -0.2) is 70.6 Å². The van der Waals surface area contributed by atoms with E-state index in [1.807, 2.05) is 33.8 Å². The van der Waals surface area contributed by atoms with Gasteiger partial charge < -0.3 is 29.5 Å². The molecule has 1 saturated carbocycles. The zero-order valence-corrected chi connectivity index (χ0v) is 16.3. The van der Waals surface area contributed by atoms with Gasteiger partial charge in [-0.15, -0.1) is 0 Å². The Morgan fingerprint density at radius 3 is 2.63 bits per heavy atom. The average molecular weight is 382 g/mol. The standard InChI is InChI=1S/C20H30O7/c1-10(2)5-14(22)26-12-7-19(8-21)13(6-11(12)3)27-17-15(23)16(24)18(19,4)20(17)9-25-20/h6,10,12-13,15-17,21,23-24H,5,7-9H2,1-4H3/t12?,13?,15?,16?,17?,18-,19-,20+/m1/s1. The molecule has 4 rings (SSSR count). The summed E-state index contributed by atoms with van der Waals surface area (Å²) in [5.74, 6) is -0.0883. The van der Waals surface area contributed by atoms with Gasteiger partial charge in [-0.1, -0.05) is 26.8 Å². The summed E-state index contributed by atoms with van der Waals surface area (Å²) in [7, 11) is 0. The van der Waals surface area contributed by atoms with E-state index in [-0.39, 0.29) is 18.5 Å². The number of ether oxygens (including phenoxy) is 3. The molecule has 0 aromatic heterocycles. The Labute approximate surface area is 159 Å². The summed E-state index contributed by atoms with van der Waals surface area (Å²) in [4.78, 5) is 12.3. The third kappa shape index (κ3) is 2.29. The van der Waals surface area contributed by atoms with Gasteiger partial charge in [-0.05, 0) is 24.8 Å². The van der Waals surface area contributed by atoms with E-state index in [1.165, 1.54) is 0 Å². The van der Waals surface area contributed by atoms with Crippen LogP contribution in [0.15, 0.2) is 11.6 Å². The quantitative estimate of drug-likeness (QED) is 0.370. The molecule has 2 bridgehead atoms. The van der Waals surface area contributed by atoms with Crippen molar-refractivity contribution in [1.29, 1.82) is 0 Å². The summed E-state index contributed by atoms with van der Waals surface area (Å²) in [6.45, 7) is 7.76. The zero-order chi connectivity index (χ0) is 19.8. The van der Waals surface area contributed by atoms with Gasteiger partial charge in [0, 0.05) is 17.3 Å². The van der Waals surface area contributed by atoms with Crippen molar-refractivity contribution >= 4 is 5.97 Å².